The van der Waals surface area contributed by atoms with Crippen LogP contribution in [0.3, 0.4) is 0 Å². The van der Waals surface area contributed by atoms with Crippen molar-refractivity contribution < 1.29 is 0 Å². The number of nitrogens with zero attached hydrogens (tertiary/aromatic N) is 2. The third-order valence-corrected chi connectivity index (χ3v) is 15.4. The zero-order chi connectivity index (χ0) is 40.5. The van der Waals surface area contributed by atoms with E-state index < -0.39 is 0 Å². The fourth-order valence-electron chi connectivity index (χ4n) is 10.4. The van der Waals surface area contributed by atoms with Crippen LogP contribution in [0.2, 0.25) is 0 Å². The van der Waals surface area contributed by atoms with Crippen molar-refractivity contribution >= 4 is 64.1 Å². The van der Waals surface area contributed by atoms with Crippen molar-refractivity contribution in [3.8, 4) is 11.1 Å². The maximum absolute atomic E-state index is 4.03. The third kappa shape index (κ3) is 5.80. The Morgan fingerprint density at radius 1 is 0.607 bits per heavy atom. The smallest absolute Gasteiger partial charge is 0.0601 e. The second-order valence-electron chi connectivity index (χ2n) is 16.4. The number of thioether (sulfide) groups is 1. The minimum atomic E-state index is -0.341. The number of rotatable bonds is 6. The molecule has 4 aliphatic carbocycles. The molecule has 0 saturated heterocycles. The van der Waals surface area contributed by atoms with Crippen LogP contribution in [0.25, 0.3) is 23.3 Å². The first kappa shape index (κ1) is 36.4. The molecular weight excluding hydrogens is 777 g/mol. The molecule has 6 aliphatic rings. The number of allylic oxidation sites excluding steroid dienone is 12. The molecule has 3 unspecified atom stereocenters. The van der Waals surface area contributed by atoms with Crippen LogP contribution in [-0.4, -0.2) is 0 Å². The van der Waals surface area contributed by atoms with Crippen LogP contribution in [0.15, 0.2) is 232 Å². The van der Waals surface area contributed by atoms with Gasteiger partial charge < -0.3 is 9.80 Å². The summed E-state index contributed by atoms with van der Waals surface area (Å²) in [5.41, 5.74) is 16.3. The first-order chi connectivity index (χ1) is 30.2. The van der Waals surface area contributed by atoms with Crippen LogP contribution in [0.4, 0.5) is 28.4 Å². The Hall–Kier alpha value is -6.46. The normalized spacial score (nSPS) is 21.3. The maximum Gasteiger partial charge on any atom is 0.0601 e. The van der Waals surface area contributed by atoms with Crippen LogP contribution in [-0.2, 0) is 5.41 Å². The van der Waals surface area contributed by atoms with Crippen LogP contribution in [0.5, 0.6) is 0 Å². The summed E-state index contributed by atoms with van der Waals surface area (Å²) in [6, 6.07) is 49.7. The molecule has 0 amide bonds. The highest BCUT2D eigenvalue weighted by atomic mass is 32.2. The highest BCUT2D eigenvalue weighted by Gasteiger charge is 2.53. The van der Waals surface area contributed by atoms with Gasteiger partial charge in [0, 0.05) is 53.9 Å². The van der Waals surface area contributed by atoms with E-state index in [2.05, 4.69) is 217 Å². The van der Waals surface area contributed by atoms with Gasteiger partial charge >= 0.3 is 0 Å². The minimum Gasteiger partial charge on any atom is -0.312 e. The molecule has 2 aliphatic heterocycles. The van der Waals surface area contributed by atoms with E-state index in [1.54, 1.807) is 0 Å². The SMILES string of the molecule is C=C/C=C\C1=CC2(c3cc(/C=C/c4ccc(N5c6ccccc6Sc6ccccc65)cc4)ccc3-c3ccc(N4C5=C(C=CCC5)Sc5ccccc54)cc32)C2C=CC=CC12. The Bertz CT molecular complexity index is 2980. The van der Waals surface area contributed by atoms with Crippen LogP contribution in [0, 0.1) is 11.8 Å². The van der Waals surface area contributed by atoms with E-state index in [1.807, 2.05) is 29.6 Å². The standard InChI is InChI=1S/C57H42N2S2/c1-2-3-14-40-37-57(46-16-5-4-15-43(40)46)47-35-39(26-25-38-27-30-41(31-28-38)58-49-17-6-10-21-53(49)60-54-22-11-7-18-50(54)58)29-33-44(47)45-34-32-42(36-48(45)57)59-51-19-8-12-23-55(51)61-56-24-13-9-20-52(56)59/h2-8,10-19,21-37,43,46H,1,9,20H2/b14-3-,26-25+. The van der Waals surface area contributed by atoms with Crippen molar-refractivity contribution in [3.63, 3.8) is 0 Å². The van der Waals surface area contributed by atoms with E-state index in [0.29, 0.717) is 0 Å². The van der Waals surface area contributed by atoms with Crippen LogP contribution in [0.1, 0.15) is 35.1 Å². The van der Waals surface area contributed by atoms with Crippen molar-refractivity contribution in [3.05, 3.63) is 239 Å². The van der Waals surface area contributed by atoms with E-state index in [-0.39, 0.29) is 17.3 Å². The number of para-hydroxylation sites is 3. The molecule has 12 rings (SSSR count). The zero-order valence-corrected chi connectivity index (χ0v) is 35.2. The maximum atomic E-state index is 4.03. The Morgan fingerprint density at radius 3 is 1.98 bits per heavy atom. The van der Waals surface area contributed by atoms with Gasteiger partial charge in [0.1, 0.15) is 0 Å². The lowest BCUT2D eigenvalue weighted by Gasteiger charge is -2.38. The molecule has 0 N–H and O–H groups in total. The highest BCUT2D eigenvalue weighted by molar-refractivity contribution is 8.03. The molecule has 0 fully saturated rings. The van der Waals surface area contributed by atoms with Crippen molar-refractivity contribution in [1.29, 1.82) is 0 Å². The fraction of sp³-hybridized carbons (Fsp3) is 0.0877. The second kappa shape index (κ2) is 14.6. The van der Waals surface area contributed by atoms with Gasteiger partial charge in [0.2, 0.25) is 0 Å². The average molecular weight is 819 g/mol. The van der Waals surface area contributed by atoms with E-state index in [0.717, 1.165) is 18.5 Å². The molecule has 6 aromatic carbocycles. The van der Waals surface area contributed by atoms with Gasteiger partial charge in [-0.3, -0.25) is 0 Å². The number of fused-ring (bicyclic) bond motifs is 10. The Kier molecular flexibility index (Phi) is 8.72. The third-order valence-electron chi connectivity index (χ3n) is 13.1. The largest absolute Gasteiger partial charge is 0.312 e. The van der Waals surface area contributed by atoms with Gasteiger partial charge in [-0.05, 0) is 119 Å². The van der Waals surface area contributed by atoms with E-state index in [1.165, 1.54) is 87.0 Å². The Morgan fingerprint density at radius 2 is 1.23 bits per heavy atom. The topological polar surface area (TPSA) is 6.48 Å². The van der Waals surface area contributed by atoms with Crippen LogP contribution >= 0.6 is 23.5 Å². The second-order valence-corrected chi connectivity index (χ2v) is 18.6. The van der Waals surface area contributed by atoms with Crippen molar-refractivity contribution in [2.45, 2.75) is 32.9 Å². The summed E-state index contributed by atoms with van der Waals surface area (Å²) >= 11 is 3.74. The summed E-state index contributed by atoms with van der Waals surface area (Å²) in [6.45, 7) is 4.03. The molecule has 0 bridgehead atoms. The lowest BCUT2D eigenvalue weighted by Crippen LogP contribution is -2.32. The summed E-state index contributed by atoms with van der Waals surface area (Å²) in [6.07, 6.45) is 29.5. The molecule has 0 saturated carbocycles. The molecule has 292 valence electrons. The first-order valence-electron chi connectivity index (χ1n) is 21.3. The number of hydrogen-bond acceptors (Lipinski definition) is 4. The molecule has 3 atom stereocenters. The van der Waals surface area contributed by atoms with Crippen LogP contribution < -0.4 is 9.80 Å². The molecule has 1 spiro atoms. The van der Waals surface area contributed by atoms with E-state index in [4.69, 9.17) is 0 Å². The molecule has 4 heteroatoms. The molecule has 0 radical (unpaired) electrons. The lowest BCUT2D eigenvalue weighted by atomic mass is 9.67. The Balaban J connectivity index is 0.947. The molecule has 6 aromatic rings. The van der Waals surface area contributed by atoms with Gasteiger partial charge in [0.25, 0.3) is 0 Å². The van der Waals surface area contributed by atoms with Crippen molar-refractivity contribution in [2.75, 3.05) is 9.80 Å². The molecule has 2 heterocycles. The summed E-state index contributed by atoms with van der Waals surface area (Å²) < 4.78 is 0. The molecular formula is C57H42N2S2. The fourth-order valence-corrected chi connectivity index (χ4v) is 12.6. The number of hydrogen-bond donors (Lipinski definition) is 0. The molecule has 2 nitrogen and oxygen atoms in total. The predicted octanol–water partition coefficient (Wildman–Crippen LogP) is 15.9. The summed E-state index contributed by atoms with van der Waals surface area (Å²) in [4.78, 5) is 10.1. The lowest BCUT2D eigenvalue weighted by molar-refractivity contribution is 0.443. The van der Waals surface area contributed by atoms with Crippen molar-refractivity contribution in [1.82, 2.24) is 0 Å². The summed E-state index contributed by atoms with van der Waals surface area (Å²) in [7, 11) is 0. The summed E-state index contributed by atoms with van der Waals surface area (Å²) in [5.74, 6) is 0.507. The van der Waals surface area contributed by atoms with E-state index >= 15 is 0 Å². The molecule has 61 heavy (non-hydrogen) atoms. The van der Waals surface area contributed by atoms with E-state index in [9.17, 15) is 0 Å². The quantitative estimate of drug-likeness (QED) is 0.122. The van der Waals surface area contributed by atoms with Crippen molar-refractivity contribution in [2.24, 2.45) is 11.8 Å². The van der Waals surface area contributed by atoms with Gasteiger partial charge in [-0.1, -0.05) is 170 Å². The number of anilines is 5. The van der Waals surface area contributed by atoms with Gasteiger partial charge in [-0.15, -0.1) is 0 Å². The van der Waals surface area contributed by atoms with Gasteiger partial charge in [0.15, 0.2) is 0 Å². The minimum absolute atomic E-state index is 0.240. The zero-order valence-electron chi connectivity index (χ0n) is 33.6. The number of benzene rings is 6. The molecule has 0 aromatic heterocycles. The van der Waals surface area contributed by atoms with Gasteiger partial charge in [-0.2, -0.15) is 0 Å². The average Bonchev–Trinajstić information content (AvgIpc) is 3.79. The first-order valence-corrected chi connectivity index (χ1v) is 22.9. The van der Waals surface area contributed by atoms with Gasteiger partial charge in [0.05, 0.1) is 17.1 Å². The predicted molar refractivity (Wildman–Crippen MR) is 259 cm³/mol. The Labute approximate surface area is 367 Å². The summed E-state index contributed by atoms with van der Waals surface area (Å²) in [5, 5.41) is 0. The monoisotopic (exact) mass is 818 g/mol. The van der Waals surface area contributed by atoms with Gasteiger partial charge in [-0.25, -0.2) is 0 Å². The highest BCUT2D eigenvalue weighted by Crippen LogP contribution is 2.62.